The molecule has 1 unspecified atom stereocenters. The van der Waals surface area contributed by atoms with Crippen LogP contribution < -0.4 is 9.64 Å². The largest absolute Gasteiger partial charge is 0.476 e. The highest BCUT2D eigenvalue weighted by Crippen LogP contribution is 2.36. The summed E-state index contributed by atoms with van der Waals surface area (Å²) in [6, 6.07) is 15.7. The van der Waals surface area contributed by atoms with Crippen LogP contribution in [-0.4, -0.2) is 73.4 Å². The number of piperidine rings is 1. The Morgan fingerprint density at radius 2 is 1.60 bits per heavy atom. The third kappa shape index (κ3) is 6.61. The molecule has 226 valence electrons. The summed E-state index contributed by atoms with van der Waals surface area (Å²) in [6.07, 6.45) is -2.37. The maximum absolute atomic E-state index is 14.2. The molecule has 3 heterocycles. The van der Waals surface area contributed by atoms with E-state index in [4.69, 9.17) is 16.3 Å². The van der Waals surface area contributed by atoms with Crippen molar-refractivity contribution in [2.24, 2.45) is 0 Å². The van der Waals surface area contributed by atoms with Crippen molar-refractivity contribution in [1.29, 1.82) is 0 Å². The molecular weight excluding hydrogens is 616 g/mol. The Kier molecular flexibility index (Phi) is 9.61. The second-order valence-corrected chi connectivity index (χ2v) is 12.3. The second-order valence-electron chi connectivity index (χ2n) is 9.96. The van der Waals surface area contributed by atoms with Crippen molar-refractivity contribution in [3.63, 3.8) is 0 Å². The van der Waals surface area contributed by atoms with Gasteiger partial charge in [0.2, 0.25) is 15.6 Å². The van der Waals surface area contributed by atoms with E-state index in [1.165, 1.54) is 16.4 Å². The number of carbonyl (C=O) groups excluding carboxylic acids is 1. The number of hydrogen-bond acceptors (Lipinski definition) is 6. The van der Waals surface area contributed by atoms with Gasteiger partial charge in [0.15, 0.2) is 0 Å². The van der Waals surface area contributed by atoms with E-state index in [-0.39, 0.29) is 47.6 Å². The van der Waals surface area contributed by atoms with Gasteiger partial charge < -0.3 is 14.5 Å². The van der Waals surface area contributed by atoms with E-state index in [0.29, 0.717) is 32.6 Å². The van der Waals surface area contributed by atoms with Crippen LogP contribution in [0.4, 0.5) is 19.0 Å². The molecule has 1 aromatic heterocycles. The summed E-state index contributed by atoms with van der Waals surface area (Å²) >= 11 is 6.22. The molecule has 3 aromatic rings. The molecule has 2 aliphatic rings. The number of aromatic nitrogens is 1. The fraction of sp³-hybridized carbons (Fsp3) is 0.357. The Morgan fingerprint density at radius 3 is 2.21 bits per heavy atom. The van der Waals surface area contributed by atoms with Crippen LogP contribution in [0.15, 0.2) is 77.8 Å². The zero-order valence-corrected chi connectivity index (χ0v) is 24.7. The maximum Gasteiger partial charge on any atom is 0.416 e. The van der Waals surface area contributed by atoms with Gasteiger partial charge in [0.05, 0.1) is 17.1 Å². The van der Waals surface area contributed by atoms with Crippen molar-refractivity contribution in [1.82, 2.24) is 14.2 Å². The van der Waals surface area contributed by atoms with Gasteiger partial charge >= 0.3 is 6.18 Å². The lowest BCUT2D eigenvalue weighted by molar-refractivity contribution is -0.152. The van der Waals surface area contributed by atoms with Crippen LogP contribution in [0.3, 0.4) is 0 Å². The van der Waals surface area contributed by atoms with Crippen LogP contribution in [0.25, 0.3) is 0 Å². The Hall–Kier alpha value is -3.06. The summed E-state index contributed by atoms with van der Waals surface area (Å²) in [6.45, 7) is 1.49. The standard InChI is InChI=1S/C28H28ClF3N4O4S.ClH/c29-23-6-1-2-7-24(23)41(38,39)36-15-5-13-27(20-36,40-22-11-9-21(10-12-22)28(30,31)32)26(37)35-18-16-34(17-19-35)25-8-3-4-14-33-25;/h1-4,6-12,14H,5,13,15-20H2;1H. The Labute approximate surface area is 253 Å². The fourth-order valence-electron chi connectivity index (χ4n) is 5.19. The maximum atomic E-state index is 14.2. The molecule has 8 nitrogen and oxygen atoms in total. The minimum absolute atomic E-state index is 0. The van der Waals surface area contributed by atoms with Gasteiger partial charge in [-0.1, -0.05) is 29.8 Å². The zero-order chi connectivity index (χ0) is 29.3. The Morgan fingerprint density at radius 1 is 0.929 bits per heavy atom. The third-order valence-corrected chi connectivity index (χ3v) is 9.64. The lowest BCUT2D eigenvalue weighted by Gasteiger charge is -2.45. The average molecular weight is 646 g/mol. The van der Waals surface area contributed by atoms with Crippen LogP contribution in [0.1, 0.15) is 18.4 Å². The lowest BCUT2D eigenvalue weighted by atomic mass is 9.91. The normalized spacial score (nSPS) is 20.1. The van der Waals surface area contributed by atoms with Crippen molar-refractivity contribution in [3.05, 3.63) is 83.5 Å². The van der Waals surface area contributed by atoms with E-state index in [0.717, 1.165) is 30.1 Å². The van der Waals surface area contributed by atoms with E-state index in [9.17, 15) is 26.4 Å². The monoisotopic (exact) mass is 644 g/mol. The van der Waals surface area contributed by atoms with Crippen molar-refractivity contribution in [2.75, 3.05) is 44.2 Å². The molecule has 14 heteroatoms. The molecule has 2 fully saturated rings. The lowest BCUT2D eigenvalue weighted by Crippen LogP contribution is -2.64. The number of piperazine rings is 1. The molecule has 0 radical (unpaired) electrons. The minimum Gasteiger partial charge on any atom is -0.476 e. The molecule has 42 heavy (non-hydrogen) atoms. The van der Waals surface area contributed by atoms with Gasteiger partial charge in [-0.3, -0.25) is 4.79 Å². The highest BCUT2D eigenvalue weighted by Gasteiger charge is 2.50. The van der Waals surface area contributed by atoms with E-state index in [2.05, 4.69) is 4.98 Å². The summed E-state index contributed by atoms with van der Waals surface area (Å²) in [5.74, 6) is 0.401. The number of pyridine rings is 1. The van der Waals surface area contributed by atoms with Gasteiger partial charge in [0.1, 0.15) is 16.5 Å². The summed E-state index contributed by atoms with van der Waals surface area (Å²) < 4.78 is 74.1. The van der Waals surface area contributed by atoms with Gasteiger partial charge in [-0.05, 0) is 61.4 Å². The molecular formula is C28H29Cl2F3N4O4S. The predicted octanol–water partition coefficient (Wildman–Crippen LogP) is 5.13. The number of carbonyl (C=O) groups is 1. The number of amides is 1. The van der Waals surface area contributed by atoms with E-state index in [1.807, 2.05) is 23.1 Å². The number of ether oxygens (including phenoxy) is 1. The van der Waals surface area contributed by atoms with Gasteiger partial charge in [-0.2, -0.15) is 17.5 Å². The van der Waals surface area contributed by atoms with Crippen molar-refractivity contribution in [2.45, 2.75) is 29.5 Å². The molecule has 1 amide bonds. The van der Waals surface area contributed by atoms with Crippen LogP contribution in [0.2, 0.25) is 5.02 Å². The minimum atomic E-state index is -4.54. The summed E-state index contributed by atoms with van der Waals surface area (Å²) in [5.41, 5.74) is -2.51. The van der Waals surface area contributed by atoms with Gasteiger partial charge in [-0.15, -0.1) is 12.4 Å². The first-order chi connectivity index (χ1) is 19.5. The van der Waals surface area contributed by atoms with Gasteiger partial charge in [0.25, 0.3) is 5.91 Å². The van der Waals surface area contributed by atoms with E-state index < -0.39 is 33.3 Å². The molecule has 0 spiro atoms. The number of alkyl halides is 3. The Bertz CT molecular complexity index is 1490. The van der Waals surface area contributed by atoms with Crippen molar-refractivity contribution >= 4 is 45.8 Å². The topological polar surface area (TPSA) is 83.1 Å². The van der Waals surface area contributed by atoms with Crippen LogP contribution in [-0.2, 0) is 21.0 Å². The van der Waals surface area contributed by atoms with Crippen molar-refractivity contribution in [3.8, 4) is 5.75 Å². The second kappa shape index (κ2) is 12.7. The highest BCUT2D eigenvalue weighted by molar-refractivity contribution is 7.89. The van der Waals surface area contributed by atoms with Crippen LogP contribution in [0.5, 0.6) is 5.75 Å². The quantitative estimate of drug-likeness (QED) is 0.370. The number of sulfonamides is 1. The number of hydrogen-bond donors (Lipinski definition) is 0. The summed E-state index contributed by atoms with van der Waals surface area (Å²) in [7, 11) is -4.11. The molecule has 5 rings (SSSR count). The molecule has 0 N–H and O–H groups in total. The third-order valence-electron chi connectivity index (χ3n) is 7.30. The average Bonchev–Trinajstić information content (AvgIpc) is 2.97. The molecule has 2 aliphatic heterocycles. The number of anilines is 1. The summed E-state index contributed by atoms with van der Waals surface area (Å²) in [4.78, 5) is 22.1. The van der Waals surface area contributed by atoms with Crippen LogP contribution in [0, 0.1) is 0 Å². The highest BCUT2D eigenvalue weighted by atomic mass is 35.5. The molecule has 0 bridgehead atoms. The van der Waals surface area contributed by atoms with Crippen LogP contribution >= 0.6 is 24.0 Å². The SMILES string of the molecule is Cl.O=C(N1CCN(c2ccccn2)CC1)C1(Oc2ccc(C(F)(F)F)cc2)CCCN(S(=O)(=O)c2ccccc2Cl)C1. The fourth-order valence-corrected chi connectivity index (χ4v) is 7.21. The van der Waals surface area contributed by atoms with Crippen molar-refractivity contribution < 1.29 is 31.1 Å². The van der Waals surface area contributed by atoms with E-state index >= 15 is 0 Å². The predicted molar refractivity (Wildman–Crippen MR) is 155 cm³/mol. The number of rotatable bonds is 6. The molecule has 2 aromatic carbocycles. The summed E-state index contributed by atoms with van der Waals surface area (Å²) in [5, 5.41) is 0.0456. The van der Waals surface area contributed by atoms with E-state index in [1.54, 1.807) is 23.2 Å². The first-order valence-corrected chi connectivity index (χ1v) is 14.9. The Balaban J connectivity index is 0.00000405. The van der Waals surface area contributed by atoms with Gasteiger partial charge in [-0.25, -0.2) is 13.4 Å². The molecule has 2 saturated heterocycles. The van der Waals surface area contributed by atoms with Gasteiger partial charge in [0, 0.05) is 38.9 Å². The molecule has 0 aliphatic carbocycles. The zero-order valence-electron chi connectivity index (χ0n) is 22.3. The smallest absolute Gasteiger partial charge is 0.416 e. The first-order valence-electron chi connectivity index (χ1n) is 13.1. The molecule has 0 saturated carbocycles. The molecule has 1 atom stereocenters. The number of nitrogens with zero attached hydrogens (tertiary/aromatic N) is 4. The first kappa shape index (κ1) is 31.9. The number of halogens is 5. The number of benzene rings is 2.